The predicted octanol–water partition coefficient (Wildman–Crippen LogP) is 6.60. The number of benzene rings is 2. The van der Waals surface area contributed by atoms with Crippen molar-refractivity contribution in [2.75, 3.05) is 0 Å². The van der Waals surface area contributed by atoms with Crippen LogP contribution in [0, 0.1) is 6.92 Å². The zero-order chi connectivity index (χ0) is 18.7. The third kappa shape index (κ3) is 4.31. The monoisotopic (exact) mass is 360 g/mol. The molecular weight excluding hydrogens is 343 g/mol. The van der Waals surface area contributed by atoms with Gasteiger partial charge in [0.25, 0.3) is 0 Å². The van der Waals surface area contributed by atoms with Gasteiger partial charge in [0.05, 0.1) is 18.1 Å². The maximum absolute atomic E-state index is 9.75. The fourth-order valence-electron chi connectivity index (χ4n) is 3.23. The summed E-state index contributed by atoms with van der Waals surface area (Å²) in [6.07, 6.45) is 2.13. The second-order valence-corrected chi connectivity index (χ2v) is 6.10. The summed E-state index contributed by atoms with van der Waals surface area (Å²) in [4.78, 5) is 0. The van der Waals surface area contributed by atoms with Crippen LogP contribution in [-0.4, -0.2) is 7.25 Å². The van der Waals surface area contributed by atoms with Gasteiger partial charge in [-0.15, -0.1) is 0 Å². The number of halogens is 4. The number of hydrogen-bond acceptors (Lipinski definition) is 0. The van der Waals surface area contributed by atoms with Crippen molar-refractivity contribution in [1.29, 1.82) is 0 Å². The van der Waals surface area contributed by atoms with Gasteiger partial charge >= 0.3 is 18.8 Å². The molecule has 6 heteroatoms. The standard InChI is InChI=1S/C20H17O.BF4/c1-14-13-19(15-7-3-2-4-8-15)18-12-11-16-9-5-6-10-17(16)20(18)21-14;2-1(3,4)5/h2-10,13H,11-12H2,1H3;/q+1;-1. The summed E-state index contributed by atoms with van der Waals surface area (Å²) < 4.78 is 45.1. The maximum Gasteiger partial charge on any atom is 0.673 e. The molecule has 134 valence electrons. The van der Waals surface area contributed by atoms with E-state index in [1.807, 2.05) is 6.92 Å². The van der Waals surface area contributed by atoms with Gasteiger partial charge in [0.15, 0.2) is 0 Å². The Labute approximate surface area is 149 Å². The van der Waals surface area contributed by atoms with Crippen molar-refractivity contribution in [3.63, 3.8) is 0 Å². The van der Waals surface area contributed by atoms with Gasteiger partial charge in [-0.1, -0.05) is 48.5 Å². The molecule has 0 fully saturated rings. The number of hydrogen-bond donors (Lipinski definition) is 0. The summed E-state index contributed by atoms with van der Waals surface area (Å²) in [5, 5.41) is 0. The molecule has 1 aromatic heterocycles. The number of fused-ring (bicyclic) bond motifs is 3. The third-order valence-corrected chi connectivity index (χ3v) is 4.20. The second-order valence-electron chi connectivity index (χ2n) is 6.10. The van der Waals surface area contributed by atoms with Gasteiger partial charge in [-0.2, -0.15) is 0 Å². The van der Waals surface area contributed by atoms with E-state index in [0.717, 1.165) is 24.4 Å². The van der Waals surface area contributed by atoms with Gasteiger partial charge in [0.1, 0.15) is 0 Å². The van der Waals surface area contributed by atoms with Crippen molar-refractivity contribution < 1.29 is 21.7 Å². The minimum atomic E-state index is -6.00. The summed E-state index contributed by atoms with van der Waals surface area (Å²) >= 11 is 0. The van der Waals surface area contributed by atoms with Gasteiger partial charge < -0.3 is 17.3 Å². The first-order chi connectivity index (χ1) is 12.3. The van der Waals surface area contributed by atoms with Crippen LogP contribution < -0.4 is 0 Å². The van der Waals surface area contributed by atoms with Crippen molar-refractivity contribution in [2.24, 2.45) is 0 Å². The molecule has 26 heavy (non-hydrogen) atoms. The van der Waals surface area contributed by atoms with Crippen LogP contribution >= 0.6 is 0 Å². The highest BCUT2D eigenvalue weighted by atomic mass is 19.5. The average Bonchev–Trinajstić information content (AvgIpc) is 2.60. The van der Waals surface area contributed by atoms with Crippen LogP contribution in [0.4, 0.5) is 17.3 Å². The molecule has 4 rings (SSSR count). The van der Waals surface area contributed by atoms with Gasteiger partial charge in [0, 0.05) is 11.6 Å². The molecule has 0 radical (unpaired) electrons. The molecule has 0 aliphatic heterocycles. The van der Waals surface area contributed by atoms with Crippen molar-refractivity contribution in [3.8, 4) is 22.5 Å². The largest absolute Gasteiger partial charge is 0.673 e. The Balaban J connectivity index is 0.000000349. The van der Waals surface area contributed by atoms with Crippen molar-refractivity contribution in [3.05, 3.63) is 77.6 Å². The lowest BCUT2D eigenvalue weighted by Gasteiger charge is -2.15. The third-order valence-electron chi connectivity index (χ3n) is 4.20. The Morgan fingerprint density at radius 2 is 1.42 bits per heavy atom. The average molecular weight is 360 g/mol. The lowest BCUT2D eigenvalue weighted by atomic mass is 9.86. The van der Waals surface area contributed by atoms with Gasteiger partial charge in [-0.25, -0.2) is 4.42 Å². The van der Waals surface area contributed by atoms with Crippen LogP contribution in [-0.2, 0) is 12.8 Å². The molecule has 1 heterocycles. The van der Waals surface area contributed by atoms with Gasteiger partial charge in [0.2, 0.25) is 0 Å². The summed E-state index contributed by atoms with van der Waals surface area (Å²) in [6.45, 7) is 2.03. The van der Waals surface area contributed by atoms with E-state index in [9.17, 15) is 17.3 Å². The van der Waals surface area contributed by atoms with Gasteiger partial charge in [-0.05, 0) is 30.0 Å². The molecule has 0 atom stereocenters. The highest BCUT2D eigenvalue weighted by Crippen LogP contribution is 2.39. The Kier molecular flexibility index (Phi) is 5.12. The molecule has 1 aliphatic carbocycles. The summed E-state index contributed by atoms with van der Waals surface area (Å²) in [6, 6.07) is 21.4. The van der Waals surface area contributed by atoms with E-state index < -0.39 is 7.25 Å². The van der Waals surface area contributed by atoms with Gasteiger partial charge in [-0.3, -0.25) is 0 Å². The molecule has 0 amide bonds. The SMILES string of the molecule is Cc1cc(-c2ccccc2)c2c([o+]1)-c1ccccc1CC2.F[B-](F)(F)F. The molecule has 0 spiro atoms. The van der Waals surface area contributed by atoms with E-state index in [2.05, 4.69) is 60.7 Å². The van der Waals surface area contributed by atoms with Crippen LogP contribution in [0.1, 0.15) is 16.9 Å². The highest BCUT2D eigenvalue weighted by molar-refractivity contribution is 6.50. The minimum absolute atomic E-state index is 0.962. The van der Waals surface area contributed by atoms with Crippen LogP contribution in [0.2, 0.25) is 0 Å². The Morgan fingerprint density at radius 3 is 2.12 bits per heavy atom. The van der Waals surface area contributed by atoms with Crippen LogP contribution in [0.5, 0.6) is 0 Å². The molecule has 1 aliphatic rings. The molecule has 0 bridgehead atoms. The normalized spacial score (nSPS) is 12.5. The Bertz CT molecular complexity index is 884. The zero-order valence-corrected chi connectivity index (χ0v) is 14.2. The number of rotatable bonds is 1. The minimum Gasteiger partial charge on any atom is -0.418 e. The van der Waals surface area contributed by atoms with Crippen LogP contribution in [0.3, 0.4) is 0 Å². The zero-order valence-electron chi connectivity index (χ0n) is 14.2. The molecule has 0 unspecified atom stereocenters. The van der Waals surface area contributed by atoms with E-state index in [1.165, 1.54) is 27.8 Å². The first kappa shape index (κ1) is 18.2. The Morgan fingerprint density at radius 1 is 0.808 bits per heavy atom. The fourth-order valence-corrected chi connectivity index (χ4v) is 3.23. The van der Waals surface area contributed by atoms with E-state index >= 15 is 0 Å². The first-order valence-electron chi connectivity index (χ1n) is 8.30. The summed E-state index contributed by atoms with van der Waals surface area (Å²) in [5.74, 6) is 2.01. The lowest BCUT2D eigenvalue weighted by molar-refractivity contribution is 0.368. The second kappa shape index (κ2) is 7.32. The quantitative estimate of drug-likeness (QED) is 0.270. The van der Waals surface area contributed by atoms with Crippen molar-refractivity contribution in [2.45, 2.75) is 19.8 Å². The molecule has 3 aromatic rings. The first-order valence-corrected chi connectivity index (χ1v) is 8.30. The molecule has 0 saturated carbocycles. The fraction of sp³-hybridized carbons (Fsp3) is 0.150. The van der Waals surface area contributed by atoms with Crippen LogP contribution in [0.25, 0.3) is 22.5 Å². The molecule has 0 N–H and O–H groups in total. The molecule has 2 aromatic carbocycles. The Hall–Kier alpha value is -2.63. The smallest absolute Gasteiger partial charge is 0.418 e. The molecule has 1 nitrogen and oxygen atoms in total. The molecule has 0 saturated heterocycles. The molecular formula is C20H17BF4O. The topological polar surface area (TPSA) is 11.3 Å². The van der Waals surface area contributed by atoms with E-state index in [1.54, 1.807) is 0 Å². The van der Waals surface area contributed by atoms with Crippen LogP contribution in [0.15, 0.2) is 65.1 Å². The number of aryl methyl sites for hydroxylation is 2. The highest BCUT2D eigenvalue weighted by Gasteiger charge is 2.29. The van der Waals surface area contributed by atoms with E-state index in [4.69, 9.17) is 4.42 Å². The van der Waals surface area contributed by atoms with E-state index in [0.29, 0.717) is 0 Å². The van der Waals surface area contributed by atoms with Crippen molar-refractivity contribution >= 4 is 7.25 Å². The lowest BCUT2D eigenvalue weighted by Crippen LogP contribution is -2.06. The van der Waals surface area contributed by atoms with E-state index in [-0.39, 0.29) is 0 Å². The summed E-state index contributed by atoms with van der Waals surface area (Å²) in [5.41, 5.74) is 6.55. The summed E-state index contributed by atoms with van der Waals surface area (Å²) in [7, 11) is -6.00. The maximum atomic E-state index is 9.75. The predicted molar refractivity (Wildman–Crippen MR) is 96.3 cm³/mol. The van der Waals surface area contributed by atoms with Crippen molar-refractivity contribution in [1.82, 2.24) is 0 Å².